The Bertz CT molecular complexity index is 1230. The van der Waals surface area contributed by atoms with E-state index in [1.54, 1.807) is 50.2 Å². The third-order valence-corrected chi connectivity index (χ3v) is 5.64. The van der Waals surface area contributed by atoms with Crippen LogP contribution in [0.1, 0.15) is 19.4 Å². The van der Waals surface area contributed by atoms with Gasteiger partial charge in [0.25, 0.3) is 5.56 Å². The van der Waals surface area contributed by atoms with Gasteiger partial charge in [0.2, 0.25) is 0 Å². The Hall–Kier alpha value is -2.22. The zero-order valence-electron chi connectivity index (χ0n) is 16.0. The van der Waals surface area contributed by atoms with Crippen molar-refractivity contribution in [2.45, 2.75) is 20.0 Å². The lowest BCUT2D eigenvalue weighted by Gasteiger charge is -2.16. The summed E-state index contributed by atoms with van der Waals surface area (Å²) in [6.45, 7) is 3.64. The van der Waals surface area contributed by atoms with E-state index in [4.69, 9.17) is 9.47 Å². The fourth-order valence-electron chi connectivity index (χ4n) is 2.63. The Balaban J connectivity index is 1.91. The van der Waals surface area contributed by atoms with Gasteiger partial charge in [0.1, 0.15) is 5.75 Å². The van der Waals surface area contributed by atoms with Gasteiger partial charge in [0.05, 0.1) is 30.9 Å². The molecule has 0 bridgehead atoms. The number of carbonyl (C=O) groups excluding carboxylic acids is 1. The van der Waals surface area contributed by atoms with Gasteiger partial charge < -0.3 is 14.5 Å². The quantitative estimate of drug-likeness (QED) is 0.256. The topological polar surface area (TPSA) is 103 Å². The molecule has 8 nitrogen and oxygen atoms in total. The van der Waals surface area contributed by atoms with Gasteiger partial charge >= 0.3 is 11.7 Å². The molecule has 0 saturated heterocycles. The van der Waals surface area contributed by atoms with Crippen LogP contribution in [0.15, 0.2) is 51.1 Å². The smallest absolute Gasteiger partial charge is 0.349 e. The molecule has 3 aromatic rings. The summed E-state index contributed by atoms with van der Waals surface area (Å²) in [6.07, 6.45) is 0.676. The van der Waals surface area contributed by atoms with Gasteiger partial charge in [-0.2, -0.15) is 5.10 Å². The third kappa shape index (κ3) is 4.91. The fourth-order valence-corrected chi connectivity index (χ4v) is 4.70. The highest BCUT2D eigenvalue weighted by molar-refractivity contribution is 14.1. The highest BCUT2D eigenvalue weighted by Crippen LogP contribution is 2.29. The SMILES string of the molecule is CCOC(=O)[C@@H](C)Oc1c(I)cc(C=Nn2c(=O)[nH]c3ccccc3c2=O)cc1I. The molecule has 156 valence electrons. The van der Waals surface area contributed by atoms with E-state index in [-0.39, 0.29) is 6.61 Å². The predicted molar refractivity (Wildman–Crippen MR) is 130 cm³/mol. The van der Waals surface area contributed by atoms with Crippen molar-refractivity contribution in [1.82, 2.24) is 9.66 Å². The number of ether oxygens (including phenoxy) is 2. The first kappa shape index (κ1) is 22.5. The number of benzene rings is 2. The largest absolute Gasteiger partial charge is 0.477 e. The van der Waals surface area contributed by atoms with E-state index in [9.17, 15) is 14.4 Å². The number of rotatable bonds is 6. The van der Waals surface area contributed by atoms with E-state index < -0.39 is 23.3 Å². The van der Waals surface area contributed by atoms with Crippen LogP contribution in [-0.4, -0.2) is 34.6 Å². The molecule has 3 rings (SSSR count). The molecule has 0 aliphatic carbocycles. The number of hydrogen-bond acceptors (Lipinski definition) is 6. The second-order valence-corrected chi connectivity index (χ2v) is 8.49. The number of esters is 1. The molecular formula is C20H17I2N3O5. The molecule has 2 aromatic carbocycles. The van der Waals surface area contributed by atoms with Crippen molar-refractivity contribution >= 4 is 68.3 Å². The number of halogens is 2. The van der Waals surface area contributed by atoms with E-state index in [0.29, 0.717) is 22.2 Å². The van der Waals surface area contributed by atoms with Gasteiger partial charge in [0, 0.05) is 0 Å². The molecule has 0 amide bonds. The summed E-state index contributed by atoms with van der Waals surface area (Å²) in [5.41, 5.74) is 0.000400. The molecule has 0 saturated carbocycles. The fraction of sp³-hybridized carbons (Fsp3) is 0.200. The van der Waals surface area contributed by atoms with Crippen LogP contribution in [0.2, 0.25) is 0 Å². The van der Waals surface area contributed by atoms with Gasteiger partial charge in [-0.05, 0) is 88.9 Å². The summed E-state index contributed by atoms with van der Waals surface area (Å²) in [5.74, 6) is 0.110. The molecule has 1 N–H and O–H groups in total. The lowest BCUT2D eigenvalue weighted by molar-refractivity contribution is -0.150. The van der Waals surface area contributed by atoms with Crippen molar-refractivity contribution in [2.24, 2.45) is 5.10 Å². The summed E-state index contributed by atoms with van der Waals surface area (Å²) >= 11 is 4.18. The van der Waals surface area contributed by atoms with Crippen molar-refractivity contribution in [3.63, 3.8) is 0 Å². The molecule has 30 heavy (non-hydrogen) atoms. The van der Waals surface area contributed by atoms with Crippen LogP contribution in [0.4, 0.5) is 0 Å². The molecule has 0 spiro atoms. The lowest BCUT2D eigenvalue weighted by Crippen LogP contribution is -2.32. The Kier molecular flexibility index (Phi) is 7.28. The molecule has 0 fully saturated rings. The van der Waals surface area contributed by atoms with E-state index in [0.717, 1.165) is 11.8 Å². The molecular weight excluding hydrogens is 616 g/mol. The van der Waals surface area contributed by atoms with Gasteiger partial charge in [0.15, 0.2) is 6.10 Å². The van der Waals surface area contributed by atoms with Crippen LogP contribution in [0, 0.1) is 7.14 Å². The van der Waals surface area contributed by atoms with Gasteiger partial charge in [-0.25, -0.2) is 9.59 Å². The summed E-state index contributed by atoms with van der Waals surface area (Å²) in [5, 5.41) is 4.44. The molecule has 1 aromatic heterocycles. The van der Waals surface area contributed by atoms with Crippen LogP contribution >= 0.6 is 45.2 Å². The molecule has 1 heterocycles. The lowest BCUT2D eigenvalue weighted by atomic mass is 10.2. The van der Waals surface area contributed by atoms with Crippen molar-refractivity contribution in [2.75, 3.05) is 6.61 Å². The Labute approximate surface area is 198 Å². The number of aromatic amines is 1. The first-order chi connectivity index (χ1) is 14.3. The number of nitrogens with one attached hydrogen (secondary N) is 1. The number of carbonyl (C=O) groups is 1. The zero-order chi connectivity index (χ0) is 21.8. The highest BCUT2D eigenvalue weighted by atomic mass is 127. The molecule has 1 atom stereocenters. The normalized spacial score (nSPS) is 12.3. The van der Waals surface area contributed by atoms with Crippen LogP contribution in [0.3, 0.4) is 0 Å². The van der Waals surface area contributed by atoms with Crippen molar-refractivity contribution in [3.8, 4) is 5.75 Å². The number of para-hydroxylation sites is 1. The summed E-state index contributed by atoms with van der Waals surface area (Å²) in [6, 6.07) is 10.3. The Morgan fingerprint density at radius 2 is 1.90 bits per heavy atom. The second kappa shape index (κ2) is 9.73. The van der Waals surface area contributed by atoms with E-state index in [1.165, 1.54) is 6.21 Å². The maximum absolute atomic E-state index is 12.6. The molecule has 0 aliphatic rings. The highest BCUT2D eigenvalue weighted by Gasteiger charge is 2.19. The maximum Gasteiger partial charge on any atom is 0.349 e. The number of nitrogens with zero attached hydrogens (tertiary/aromatic N) is 2. The monoisotopic (exact) mass is 633 g/mol. The van der Waals surface area contributed by atoms with Crippen LogP contribution in [-0.2, 0) is 9.53 Å². The molecule has 0 unspecified atom stereocenters. The summed E-state index contributed by atoms with van der Waals surface area (Å²) < 4.78 is 13.0. The van der Waals surface area contributed by atoms with Crippen molar-refractivity contribution in [3.05, 3.63) is 69.9 Å². The van der Waals surface area contributed by atoms with Crippen molar-refractivity contribution in [1.29, 1.82) is 0 Å². The maximum atomic E-state index is 12.6. The van der Waals surface area contributed by atoms with Crippen LogP contribution < -0.4 is 16.0 Å². The number of hydrogen-bond donors (Lipinski definition) is 1. The minimum atomic E-state index is -0.749. The molecule has 0 aliphatic heterocycles. The number of aromatic nitrogens is 2. The minimum Gasteiger partial charge on any atom is -0.477 e. The molecule has 0 radical (unpaired) electrons. The van der Waals surface area contributed by atoms with Crippen molar-refractivity contribution < 1.29 is 14.3 Å². The molecule has 10 heteroatoms. The van der Waals surface area contributed by atoms with E-state index in [1.807, 2.05) is 0 Å². The average Bonchev–Trinajstić information content (AvgIpc) is 2.70. The third-order valence-electron chi connectivity index (χ3n) is 4.04. The Morgan fingerprint density at radius 3 is 2.57 bits per heavy atom. The predicted octanol–water partition coefficient (Wildman–Crippen LogP) is 3.11. The average molecular weight is 633 g/mol. The van der Waals surface area contributed by atoms with Crippen LogP contribution in [0.5, 0.6) is 5.75 Å². The van der Waals surface area contributed by atoms with E-state index in [2.05, 4.69) is 55.3 Å². The second-order valence-electron chi connectivity index (χ2n) is 6.16. The first-order valence-electron chi connectivity index (χ1n) is 8.92. The zero-order valence-corrected chi connectivity index (χ0v) is 20.3. The van der Waals surface area contributed by atoms with Gasteiger partial charge in [-0.1, -0.05) is 12.1 Å². The van der Waals surface area contributed by atoms with E-state index >= 15 is 0 Å². The minimum absolute atomic E-state index is 0.281. The van der Waals surface area contributed by atoms with Gasteiger partial charge in [-0.3, -0.25) is 4.79 Å². The van der Waals surface area contributed by atoms with Gasteiger partial charge in [-0.15, -0.1) is 4.68 Å². The number of H-pyrrole nitrogens is 1. The summed E-state index contributed by atoms with van der Waals surface area (Å²) in [7, 11) is 0. The Morgan fingerprint density at radius 1 is 1.23 bits per heavy atom. The first-order valence-corrected chi connectivity index (χ1v) is 11.1. The van der Waals surface area contributed by atoms with Crippen LogP contribution in [0.25, 0.3) is 10.9 Å². The number of fused-ring (bicyclic) bond motifs is 1. The standard InChI is InChI=1S/C20H17I2N3O5/c1-3-29-19(27)11(2)30-17-14(21)8-12(9-15(17)22)10-23-25-18(26)13-6-4-5-7-16(13)24-20(25)28/h4-11H,3H2,1-2H3,(H,24,28)/t11-/m1/s1. The summed E-state index contributed by atoms with van der Waals surface area (Å²) in [4.78, 5) is 39.2.